The van der Waals surface area contributed by atoms with Gasteiger partial charge in [-0.15, -0.1) is 0 Å². The van der Waals surface area contributed by atoms with E-state index in [-0.39, 0.29) is 5.56 Å². The lowest BCUT2D eigenvalue weighted by molar-refractivity contribution is -0.0234. The first-order valence-electron chi connectivity index (χ1n) is 5.56. The molecule has 2 rings (SSSR count). The number of aliphatic hydroxyl groups excluding tert-OH is 4. The summed E-state index contributed by atoms with van der Waals surface area (Å²) >= 11 is 0. The average molecular weight is 274 g/mol. The van der Waals surface area contributed by atoms with E-state index in [1.54, 1.807) is 0 Å². The van der Waals surface area contributed by atoms with Crippen molar-refractivity contribution in [1.82, 2.24) is 9.55 Å². The topological polar surface area (TPSA) is 145 Å². The van der Waals surface area contributed by atoms with Crippen LogP contribution < -0.4 is 11.2 Å². The molecule has 0 radical (unpaired) electrons. The Morgan fingerprint density at radius 3 is 2.47 bits per heavy atom. The van der Waals surface area contributed by atoms with Crippen molar-refractivity contribution < 1.29 is 25.2 Å². The largest absolute Gasteiger partial charge is 0.394 e. The fourth-order valence-electron chi connectivity index (χ4n) is 1.99. The number of nitrogens with one attached hydrogen (secondary N) is 1. The second-order valence-electron chi connectivity index (χ2n) is 4.21. The summed E-state index contributed by atoms with van der Waals surface area (Å²) in [6.45, 7) is -1.18. The maximum absolute atomic E-state index is 11.7. The van der Waals surface area contributed by atoms with Gasteiger partial charge >= 0.3 is 5.69 Å². The highest BCUT2D eigenvalue weighted by Gasteiger charge is 2.44. The van der Waals surface area contributed by atoms with Crippen molar-refractivity contribution in [2.75, 3.05) is 6.61 Å². The minimum absolute atomic E-state index is 0.115. The fourth-order valence-corrected chi connectivity index (χ4v) is 1.99. The number of aromatic nitrogens is 2. The van der Waals surface area contributed by atoms with E-state index in [0.29, 0.717) is 0 Å². The van der Waals surface area contributed by atoms with E-state index < -0.39 is 49.0 Å². The Labute approximate surface area is 106 Å². The first kappa shape index (κ1) is 13.9. The van der Waals surface area contributed by atoms with Crippen LogP contribution >= 0.6 is 0 Å². The first-order chi connectivity index (χ1) is 8.99. The summed E-state index contributed by atoms with van der Waals surface area (Å²) in [6, 6.07) is 0. The van der Waals surface area contributed by atoms with E-state index in [0.717, 1.165) is 10.8 Å². The number of H-pyrrole nitrogens is 1. The minimum atomic E-state index is -1.41. The summed E-state index contributed by atoms with van der Waals surface area (Å²) in [4.78, 5) is 24.9. The molecule has 0 unspecified atom stereocenters. The molecule has 1 aromatic heterocycles. The summed E-state index contributed by atoms with van der Waals surface area (Å²) in [6.07, 6.45) is -3.92. The van der Waals surface area contributed by atoms with Gasteiger partial charge in [-0.05, 0) is 0 Å². The molecular formula is C10H14N2O7. The number of rotatable bonds is 3. The summed E-state index contributed by atoms with van der Waals surface area (Å²) < 4.78 is 5.99. The van der Waals surface area contributed by atoms with Crippen LogP contribution in [0.15, 0.2) is 15.8 Å². The molecule has 0 aliphatic carbocycles. The Kier molecular flexibility index (Phi) is 3.83. The van der Waals surface area contributed by atoms with Crippen LogP contribution in [-0.2, 0) is 11.5 Å². The smallest absolute Gasteiger partial charge is 0.330 e. The molecule has 4 atom stereocenters. The molecule has 1 aromatic rings. The van der Waals surface area contributed by atoms with Gasteiger partial charge in [0, 0.05) is 6.20 Å². The normalized spacial score (nSPS) is 30.7. The van der Waals surface area contributed by atoms with E-state index in [1.807, 2.05) is 4.98 Å². The second-order valence-corrected chi connectivity index (χ2v) is 4.21. The molecule has 1 aliphatic heterocycles. The molecule has 106 valence electrons. The SMILES string of the molecule is O=c1[nH]c(=O)n(CO)cc1[C@@H]1O[C@H](CO)[C@@H](O)[C@H]1O. The third-order valence-corrected chi connectivity index (χ3v) is 3.04. The molecule has 1 aliphatic rings. The van der Waals surface area contributed by atoms with Crippen molar-refractivity contribution in [3.63, 3.8) is 0 Å². The van der Waals surface area contributed by atoms with Crippen LogP contribution in [0.2, 0.25) is 0 Å². The van der Waals surface area contributed by atoms with Crippen molar-refractivity contribution in [1.29, 1.82) is 0 Å². The van der Waals surface area contributed by atoms with Crippen LogP contribution in [0.5, 0.6) is 0 Å². The Balaban J connectivity index is 2.43. The maximum atomic E-state index is 11.7. The molecule has 0 bridgehead atoms. The van der Waals surface area contributed by atoms with Crippen molar-refractivity contribution >= 4 is 0 Å². The predicted octanol–water partition coefficient (Wildman–Crippen LogP) is -3.36. The molecule has 0 amide bonds. The van der Waals surface area contributed by atoms with Gasteiger partial charge in [-0.1, -0.05) is 0 Å². The van der Waals surface area contributed by atoms with Gasteiger partial charge in [-0.3, -0.25) is 14.3 Å². The van der Waals surface area contributed by atoms with Gasteiger partial charge in [0.15, 0.2) is 0 Å². The van der Waals surface area contributed by atoms with Crippen LogP contribution in [-0.4, -0.2) is 54.9 Å². The quantitative estimate of drug-likeness (QED) is 0.387. The van der Waals surface area contributed by atoms with Crippen LogP contribution in [0.3, 0.4) is 0 Å². The Bertz CT molecular complexity index is 566. The van der Waals surface area contributed by atoms with Crippen molar-refractivity contribution in [2.45, 2.75) is 31.1 Å². The zero-order valence-corrected chi connectivity index (χ0v) is 9.76. The molecule has 19 heavy (non-hydrogen) atoms. The number of aromatic amines is 1. The maximum Gasteiger partial charge on any atom is 0.330 e. The van der Waals surface area contributed by atoms with Crippen LogP contribution in [0.25, 0.3) is 0 Å². The van der Waals surface area contributed by atoms with Crippen molar-refractivity contribution in [2.24, 2.45) is 0 Å². The Morgan fingerprint density at radius 2 is 1.95 bits per heavy atom. The highest BCUT2D eigenvalue weighted by atomic mass is 16.6. The van der Waals surface area contributed by atoms with Crippen LogP contribution in [0, 0.1) is 0 Å². The number of ether oxygens (including phenoxy) is 1. The van der Waals surface area contributed by atoms with E-state index in [4.69, 9.17) is 14.9 Å². The summed E-state index contributed by atoms with van der Waals surface area (Å²) in [5.41, 5.74) is -1.70. The number of hydrogen-bond acceptors (Lipinski definition) is 7. The van der Waals surface area contributed by atoms with Crippen molar-refractivity contribution in [3.8, 4) is 0 Å². The Morgan fingerprint density at radius 1 is 1.26 bits per heavy atom. The zero-order valence-electron chi connectivity index (χ0n) is 9.76. The summed E-state index contributed by atoms with van der Waals surface area (Å²) in [5.74, 6) is 0. The molecule has 0 saturated carbocycles. The lowest BCUT2D eigenvalue weighted by atomic mass is 10.0. The molecule has 0 spiro atoms. The monoisotopic (exact) mass is 274 g/mol. The van der Waals surface area contributed by atoms with E-state index in [1.165, 1.54) is 0 Å². The molecule has 9 heteroatoms. The highest BCUT2D eigenvalue weighted by molar-refractivity contribution is 5.14. The van der Waals surface area contributed by atoms with E-state index >= 15 is 0 Å². The molecule has 2 heterocycles. The fraction of sp³-hybridized carbons (Fsp3) is 0.600. The Hall–Kier alpha value is -1.52. The van der Waals surface area contributed by atoms with Crippen LogP contribution in [0.1, 0.15) is 11.7 Å². The van der Waals surface area contributed by atoms with Gasteiger partial charge in [-0.2, -0.15) is 0 Å². The molecule has 9 nitrogen and oxygen atoms in total. The minimum Gasteiger partial charge on any atom is -0.394 e. The van der Waals surface area contributed by atoms with Crippen molar-refractivity contribution in [3.05, 3.63) is 32.6 Å². The molecule has 1 fully saturated rings. The number of hydrogen-bond donors (Lipinski definition) is 5. The highest BCUT2D eigenvalue weighted by Crippen LogP contribution is 2.31. The van der Waals surface area contributed by atoms with Gasteiger partial charge in [0.1, 0.15) is 31.1 Å². The number of nitrogens with zero attached hydrogens (tertiary/aromatic N) is 1. The standard InChI is InChI=1S/C10H14N2O7/c13-2-5-6(15)7(16)8(19-5)4-1-12(3-14)10(18)11-9(4)17/h1,5-8,13-16H,2-3H2,(H,11,17,18)/t5-,6-,7-,8+/m1/s1. The average Bonchev–Trinajstić information content (AvgIpc) is 2.67. The third-order valence-electron chi connectivity index (χ3n) is 3.04. The third kappa shape index (κ3) is 2.33. The van der Waals surface area contributed by atoms with Gasteiger partial charge in [0.25, 0.3) is 5.56 Å². The second kappa shape index (κ2) is 5.23. The molecule has 5 N–H and O–H groups in total. The van der Waals surface area contributed by atoms with Gasteiger partial charge in [-0.25, -0.2) is 4.79 Å². The van der Waals surface area contributed by atoms with E-state index in [2.05, 4.69) is 0 Å². The van der Waals surface area contributed by atoms with E-state index in [9.17, 15) is 19.8 Å². The number of aliphatic hydroxyl groups is 4. The first-order valence-corrected chi connectivity index (χ1v) is 5.56. The molecular weight excluding hydrogens is 260 g/mol. The van der Waals surface area contributed by atoms with Gasteiger partial charge < -0.3 is 25.2 Å². The van der Waals surface area contributed by atoms with Gasteiger partial charge in [0.05, 0.1) is 12.2 Å². The summed E-state index contributed by atoms with van der Waals surface area (Å²) in [7, 11) is 0. The summed E-state index contributed by atoms with van der Waals surface area (Å²) in [5, 5.41) is 37.3. The lowest BCUT2D eigenvalue weighted by Gasteiger charge is -2.14. The predicted molar refractivity (Wildman–Crippen MR) is 60.3 cm³/mol. The van der Waals surface area contributed by atoms with Crippen LogP contribution in [0.4, 0.5) is 0 Å². The van der Waals surface area contributed by atoms with Gasteiger partial charge in [0.2, 0.25) is 0 Å². The molecule has 0 aromatic carbocycles. The zero-order chi connectivity index (χ0) is 14.2. The lowest BCUT2D eigenvalue weighted by Crippen LogP contribution is -2.36. The molecule has 1 saturated heterocycles.